The first-order chi connectivity index (χ1) is 15.2. The third kappa shape index (κ3) is 4.58. The Kier molecular flexibility index (Phi) is 5.86. The molecule has 32 heavy (non-hydrogen) atoms. The lowest BCUT2D eigenvalue weighted by atomic mass is 9.95. The van der Waals surface area contributed by atoms with Crippen molar-refractivity contribution in [2.75, 3.05) is 23.3 Å². The van der Waals surface area contributed by atoms with Crippen molar-refractivity contribution >= 4 is 17.4 Å². The van der Waals surface area contributed by atoms with Gasteiger partial charge in [0.05, 0.1) is 16.9 Å². The number of alkyl halides is 3. The van der Waals surface area contributed by atoms with Crippen LogP contribution in [0.15, 0.2) is 42.5 Å². The number of amides is 1. The first kappa shape index (κ1) is 21.8. The molecule has 0 aliphatic carbocycles. The van der Waals surface area contributed by atoms with Crippen molar-refractivity contribution in [1.82, 2.24) is 20.0 Å². The Bertz CT molecular complexity index is 1100. The number of hydrogen-bond acceptors (Lipinski definition) is 5. The van der Waals surface area contributed by atoms with Crippen molar-refractivity contribution in [3.05, 3.63) is 59.4 Å². The molecule has 1 amide bonds. The number of nitrogens with zero attached hydrogens (tertiary/aromatic N) is 5. The summed E-state index contributed by atoms with van der Waals surface area (Å²) >= 11 is 0. The van der Waals surface area contributed by atoms with E-state index >= 15 is 0 Å². The van der Waals surface area contributed by atoms with Crippen LogP contribution in [0.4, 0.5) is 24.7 Å². The number of aryl methyl sites for hydroxylation is 2. The van der Waals surface area contributed by atoms with E-state index in [1.165, 1.54) is 18.2 Å². The van der Waals surface area contributed by atoms with Crippen molar-refractivity contribution < 1.29 is 18.0 Å². The Hall–Kier alpha value is -3.43. The summed E-state index contributed by atoms with van der Waals surface area (Å²) in [6.07, 6.45) is -3.49. The molecule has 2 aromatic heterocycles. The highest BCUT2D eigenvalue weighted by molar-refractivity contribution is 5.93. The predicted molar refractivity (Wildman–Crippen MR) is 114 cm³/mol. The Balaban J connectivity index is 1.37. The largest absolute Gasteiger partial charge is 0.418 e. The van der Waals surface area contributed by atoms with E-state index in [0.717, 1.165) is 17.5 Å². The van der Waals surface area contributed by atoms with Crippen molar-refractivity contribution in [2.24, 2.45) is 5.92 Å². The number of para-hydroxylation sites is 1. The predicted octanol–water partition coefficient (Wildman–Crippen LogP) is 4.15. The lowest BCUT2D eigenvalue weighted by molar-refractivity contribution is -0.137. The number of anilines is 2. The normalized spacial score (nSPS) is 15.1. The van der Waals surface area contributed by atoms with Crippen molar-refractivity contribution in [3.8, 4) is 5.82 Å². The number of piperidine rings is 1. The molecule has 3 heterocycles. The van der Waals surface area contributed by atoms with E-state index in [2.05, 4.69) is 20.6 Å². The number of aromatic nitrogens is 4. The van der Waals surface area contributed by atoms with Gasteiger partial charge in [0.1, 0.15) is 0 Å². The number of carbonyl (C=O) groups excluding carboxylic acids is 1. The second-order valence-corrected chi connectivity index (χ2v) is 7.88. The number of rotatable bonds is 4. The molecule has 0 spiro atoms. The monoisotopic (exact) mass is 444 g/mol. The van der Waals surface area contributed by atoms with Crippen LogP contribution < -0.4 is 10.2 Å². The average Bonchev–Trinajstić information content (AvgIpc) is 3.11. The second-order valence-electron chi connectivity index (χ2n) is 7.88. The molecule has 0 unspecified atom stereocenters. The zero-order valence-electron chi connectivity index (χ0n) is 17.7. The van der Waals surface area contributed by atoms with Gasteiger partial charge in [-0.1, -0.05) is 12.1 Å². The van der Waals surface area contributed by atoms with E-state index in [9.17, 15) is 18.0 Å². The molecule has 1 aromatic carbocycles. The lowest BCUT2D eigenvalue weighted by Gasteiger charge is -2.32. The molecular formula is C22H23F3N6O. The van der Waals surface area contributed by atoms with Gasteiger partial charge in [-0.2, -0.15) is 18.3 Å². The van der Waals surface area contributed by atoms with E-state index in [1.807, 2.05) is 36.9 Å². The average molecular weight is 444 g/mol. The molecule has 1 aliphatic heterocycles. The number of nitrogens with one attached hydrogen (secondary N) is 1. The molecule has 0 radical (unpaired) electrons. The van der Waals surface area contributed by atoms with E-state index < -0.39 is 17.6 Å². The SMILES string of the molecule is Cc1cc(C)n(-c2ccc(N3CCC(C(=O)Nc4ccccc4C(F)(F)F)CC3)nn2)n1. The molecule has 10 heteroatoms. The number of hydrogen-bond donors (Lipinski definition) is 1. The number of benzene rings is 1. The molecule has 1 fully saturated rings. The fourth-order valence-electron chi connectivity index (χ4n) is 3.91. The fraction of sp³-hybridized carbons (Fsp3) is 0.364. The maximum Gasteiger partial charge on any atom is 0.418 e. The summed E-state index contributed by atoms with van der Waals surface area (Å²) in [7, 11) is 0. The van der Waals surface area contributed by atoms with Gasteiger partial charge in [-0.25, -0.2) is 4.68 Å². The van der Waals surface area contributed by atoms with E-state index in [-0.39, 0.29) is 11.6 Å². The summed E-state index contributed by atoms with van der Waals surface area (Å²) in [5.74, 6) is 0.551. The minimum absolute atomic E-state index is 0.210. The Morgan fingerprint density at radius 1 is 1.03 bits per heavy atom. The summed E-state index contributed by atoms with van der Waals surface area (Å²) in [6.45, 7) is 4.98. The zero-order valence-corrected chi connectivity index (χ0v) is 17.7. The molecule has 4 rings (SSSR count). The smallest absolute Gasteiger partial charge is 0.355 e. The minimum atomic E-state index is -4.52. The van der Waals surface area contributed by atoms with Crippen LogP contribution in [0.5, 0.6) is 0 Å². The van der Waals surface area contributed by atoms with Crippen LogP contribution in [0.2, 0.25) is 0 Å². The topological polar surface area (TPSA) is 75.9 Å². The standard InChI is InChI=1S/C22H23F3N6O/c1-14-13-15(2)31(29-14)20-8-7-19(27-28-20)30-11-9-16(10-12-30)21(32)26-18-6-4-3-5-17(18)22(23,24)25/h3-8,13,16H,9-12H2,1-2H3,(H,26,32). The Labute approximate surface area is 183 Å². The molecule has 0 atom stereocenters. The summed E-state index contributed by atoms with van der Waals surface area (Å²) in [5.41, 5.74) is 0.803. The summed E-state index contributed by atoms with van der Waals surface area (Å²) in [5, 5.41) is 15.4. The van der Waals surface area contributed by atoms with Gasteiger partial charge in [0.15, 0.2) is 11.6 Å². The van der Waals surface area contributed by atoms with Gasteiger partial charge in [-0.05, 0) is 57.0 Å². The molecule has 1 N–H and O–H groups in total. The van der Waals surface area contributed by atoms with Crippen LogP contribution in [-0.2, 0) is 11.0 Å². The van der Waals surface area contributed by atoms with Gasteiger partial charge < -0.3 is 10.2 Å². The zero-order chi connectivity index (χ0) is 22.9. The molecule has 168 valence electrons. The van der Waals surface area contributed by atoms with Gasteiger partial charge in [0.2, 0.25) is 5.91 Å². The van der Waals surface area contributed by atoms with Crippen LogP contribution >= 0.6 is 0 Å². The molecule has 7 nitrogen and oxygen atoms in total. The summed E-state index contributed by atoms with van der Waals surface area (Å²) in [4.78, 5) is 14.6. The first-order valence-corrected chi connectivity index (χ1v) is 10.3. The van der Waals surface area contributed by atoms with Crippen LogP contribution in [0.25, 0.3) is 5.82 Å². The highest BCUT2D eigenvalue weighted by Crippen LogP contribution is 2.35. The Morgan fingerprint density at radius 2 is 1.69 bits per heavy atom. The maximum absolute atomic E-state index is 13.2. The highest BCUT2D eigenvalue weighted by Gasteiger charge is 2.34. The fourth-order valence-corrected chi connectivity index (χ4v) is 3.91. The third-order valence-electron chi connectivity index (χ3n) is 5.54. The lowest BCUT2D eigenvalue weighted by Crippen LogP contribution is -2.38. The minimum Gasteiger partial charge on any atom is -0.355 e. The Morgan fingerprint density at radius 3 is 2.28 bits per heavy atom. The van der Waals surface area contributed by atoms with Gasteiger partial charge in [-0.15, -0.1) is 10.2 Å². The van der Waals surface area contributed by atoms with Crippen molar-refractivity contribution in [1.29, 1.82) is 0 Å². The summed E-state index contributed by atoms with van der Waals surface area (Å²) < 4.78 is 41.2. The van der Waals surface area contributed by atoms with Crippen molar-refractivity contribution in [2.45, 2.75) is 32.9 Å². The number of halogens is 3. The second kappa shape index (κ2) is 8.60. The molecule has 1 aliphatic rings. The third-order valence-corrected chi connectivity index (χ3v) is 5.54. The maximum atomic E-state index is 13.2. The summed E-state index contributed by atoms with van der Waals surface area (Å²) in [6, 6.07) is 10.7. The van der Waals surface area contributed by atoms with Crippen LogP contribution in [-0.4, -0.2) is 39.0 Å². The quantitative estimate of drug-likeness (QED) is 0.654. The van der Waals surface area contributed by atoms with Gasteiger partial charge >= 0.3 is 6.18 Å². The van der Waals surface area contributed by atoms with E-state index in [1.54, 1.807) is 4.68 Å². The highest BCUT2D eigenvalue weighted by atomic mass is 19.4. The molecular weight excluding hydrogens is 421 g/mol. The first-order valence-electron chi connectivity index (χ1n) is 10.3. The van der Waals surface area contributed by atoms with E-state index in [0.29, 0.717) is 37.6 Å². The molecule has 3 aromatic rings. The molecule has 1 saturated heterocycles. The van der Waals surface area contributed by atoms with Gasteiger partial charge in [-0.3, -0.25) is 4.79 Å². The van der Waals surface area contributed by atoms with Crippen LogP contribution in [0.1, 0.15) is 29.8 Å². The van der Waals surface area contributed by atoms with Gasteiger partial charge in [0, 0.05) is 24.7 Å². The van der Waals surface area contributed by atoms with Crippen LogP contribution in [0, 0.1) is 19.8 Å². The number of carbonyl (C=O) groups is 1. The van der Waals surface area contributed by atoms with E-state index in [4.69, 9.17) is 0 Å². The van der Waals surface area contributed by atoms with Gasteiger partial charge in [0.25, 0.3) is 0 Å². The molecule has 0 bridgehead atoms. The molecule has 0 saturated carbocycles. The van der Waals surface area contributed by atoms with Crippen molar-refractivity contribution in [3.63, 3.8) is 0 Å². The van der Waals surface area contributed by atoms with Crippen LogP contribution in [0.3, 0.4) is 0 Å².